The predicted octanol–water partition coefficient (Wildman–Crippen LogP) is 0.268. The molecule has 78 valence electrons. The molecule has 0 saturated heterocycles. The van der Waals surface area contributed by atoms with E-state index in [0.717, 1.165) is 0 Å². The third-order valence-electron chi connectivity index (χ3n) is 0.386. The first-order chi connectivity index (χ1) is 4.54. The molecular formula is C7H14Mn2N2O2. The maximum absolute atomic E-state index is 9.34. The molecule has 0 rings (SSSR count). The predicted molar refractivity (Wildman–Crippen MR) is 43.7 cm³/mol. The summed E-state index contributed by atoms with van der Waals surface area (Å²) in [4.78, 5) is 0. The van der Waals surface area contributed by atoms with Gasteiger partial charge in [-0.1, -0.05) is 21.3 Å². The van der Waals surface area contributed by atoms with Crippen molar-refractivity contribution in [1.29, 1.82) is 0 Å². The fourth-order valence-corrected chi connectivity index (χ4v) is 0. The fraction of sp³-hybridized carbons (Fsp3) is 0.571. The molecule has 4 nitrogen and oxygen atoms in total. The molecule has 0 fully saturated rings. The van der Waals surface area contributed by atoms with Gasteiger partial charge in [-0.3, -0.25) is 0 Å². The van der Waals surface area contributed by atoms with Gasteiger partial charge in [0.1, 0.15) is 0 Å². The van der Waals surface area contributed by atoms with Crippen molar-refractivity contribution in [3.63, 3.8) is 0 Å². The van der Waals surface area contributed by atoms with Gasteiger partial charge < -0.3 is 21.4 Å². The molecule has 2 radical (unpaired) electrons. The van der Waals surface area contributed by atoms with Crippen LogP contribution >= 0.6 is 0 Å². The normalized spacial score (nSPS) is 7.46. The average Bonchev–Trinajstić information content (AvgIpc) is 1.89. The average molecular weight is 268 g/mol. The van der Waals surface area contributed by atoms with Gasteiger partial charge in [-0.05, 0) is 0 Å². The Hall–Kier alpha value is 0.00896. The van der Waals surface area contributed by atoms with Crippen molar-refractivity contribution in [2.45, 2.75) is 21.3 Å². The van der Waals surface area contributed by atoms with E-state index in [2.05, 4.69) is 0 Å². The fourth-order valence-electron chi connectivity index (χ4n) is 0. The molecule has 0 atom stereocenters. The summed E-state index contributed by atoms with van der Waals surface area (Å²) in [5.41, 5.74) is 6.40. The molecule has 1 N–H and O–H groups in total. The van der Waals surface area contributed by atoms with E-state index < -0.39 is 6.61 Å². The van der Waals surface area contributed by atoms with Gasteiger partial charge >= 0.3 is 34.1 Å². The minimum Gasteiger partial charge on any atom is -0.879 e. The third-order valence-corrected chi connectivity index (χ3v) is 0.386. The Morgan fingerprint density at radius 2 is 1.54 bits per heavy atom. The number of allylic oxidation sites excluding steroid dienone is 1. The van der Waals surface area contributed by atoms with E-state index in [1.807, 2.05) is 0 Å². The van der Waals surface area contributed by atoms with Gasteiger partial charge in [0.15, 0.2) is 0 Å². The van der Waals surface area contributed by atoms with E-state index >= 15 is 0 Å². The Bertz CT molecular complexity index is 126. The Kier molecular flexibility index (Phi) is 51.1. The van der Waals surface area contributed by atoms with Crippen LogP contribution in [0.25, 0.3) is 11.1 Å². The van der Waals surface area contributed by atoms with Crippen LogP contribution in [0.1, 0.15) is 21.3 Å². The van der Waals surface area contributed by atoms with Gasteiger partial charge in [0.2, 0.25) is 0 Å². The van der Waals surface area contributed by atoms with Crippen molar-refractivity contribution in [2.75, 3.05) is 6.61 Å². The number of nitrogens with one attached hydrogen (secondary N) is 1. The van der Waals surface area contributed by atoms with Crippen LogP contribution in [0, 0.1) is 0 Å². The van der Waals surface area contributed by atoms with Gasteiger partial charge in [0.05, 0.1) is 0 Å². The molecule has 13 heavy (non-hydrogen) atoms. The number of rotatable bonds is 1. The van der Waals surface area contributed by atoms with Gasteiger partial charge in [-0.15, -0.1) is 6.61 Å². The molecule has 0 spiro atoms. The van der Waals surface area contributed by atoms with E-state index in [1.165, 1.54) is 13.8 Å². The second-order valence-electron chi connectivity index (χ2n) is 1.68. The van der Waals surface area contributed by atoms with Gasteiger partial charge in [0, 0.05) is 0 Å². The zero-order valence-electron chi connectivity index (χ0n) is 6.80. The summed E-state index contributed by atoms with van der Waals surface area (Å²) in [5, 5.41) is 26.6. The van der Waals surface area contributed by atoms with Crippen LogP contribution in [0.4, 0.5) is 0 Å². The van der Waals surface area contributed by atoms with E-state index in [4.69, 9.17) is 11.1 Å². The summed E-state index contributed by atoms with van der Waals surface area (Å²) < 4.78 is 0. The Morgan fingerprint density at radius 1 is 1.38 bits per heavy atom. The quantitative estimate of drug-likeness (QED) is 0.388. The topological polar surface area (TPSA) is 92.2 Å². The molecule has 0 saturated carbocycles. The Morgan fingerprint density at radius 3 is 1.54 bits per heavy atom. The molecule has 0 heterocycles. The first-order valence-electron chi connectivity index (χ1n) is 2.64. The van der Waals surface area contributed by atoms with Gasteiger partial charge in [-0.2, -0.15) is 12.0 Å². The molecule has 0 aliphatic carbocycles. The summed E-state index contributed by atoms with van der Waals surface area (Å²) in [6.07, 6.45) is 0.500. The van der Waals surface area contributed by atoms with E-state index in [1.54, 1.807) is 0 Å². The zero-order valence-corrected chi connectivity index (χ0v) is 9.16. The summed E-state index contributed by atoms with van der Waals surface area (Å²) in [6.45, 7) is 2.35. The second kappa shape index (κ2) is 22.7. The van der Waals surface area contributed by atoms with Crippen LogP contribution < -0.4 is 10.2 Å². The SMILES string of the molecule is C.CC(=[N-])C[O-].CC([NH-])=C[O-].[Mn+2].[Mn+2]. The van der Waals surface area contributed by atoms with E-state index in [0.29, 0.717) is 6.26 Å². The molecule has 0 unspecified atom stereocenters. The minimum atomic E-state index is -0.472. The zero-order chi connectivity index (χ0) is 8.57. The summed E-state index contributed by atoms with van der Waals surface area (Å²) in [5.74, 6) is 0. The second-order valence-corrected chi connectivity index (χ2v) is 1.68. The largest absolute Gasteiger partial charge is 2.00 e. The molecule has 0 aliphatic rings. The first-order valence-corrected chi connectivity index (χ1v) is 2.64. The maximum Gasteiger partial charge on any atom is 2.00 e. The van der Waals surface area contributed by atoms with Crippen molar-refractivity contribution in [1.82, 2.24) is 0 Å². The molecular weight excluding hydrogens is 254 g/mol. The van der Waals surface area contributed by atoms with Gasteiger partial charge in [-0.25, -0.2) is 5.71 Å². The van der Waals surface area contributed by atoms with Crippen molar-refractivity contribution in [2.24, 2.45) is 0 Å². The molecule has 0 bridgehead atoms. The number of hydrogen-bond donors (Lipinski definition) is 0. The molecule has 0 aliphatic heterocycles. The van der Waals surface area contributed by atoms with Crippen LogP contribution in [0.3, 0.4) is 0 Å². The van der Waals surface area contributed by atoms with Crippen LogP contribution in [-0.2, 0) is 34.1 Å². The van der Waals surface area contributed by atoms with Gasteiger partial charge in [0.25, 0.3) is 0 Å². The Balaban J connectivity index is -0.0000000267. The smallest absolute Gasteiger partial charge is 0.879 e. The molecule has 6 heteroatoms. The summed E-state index contributed by atoms with van der Waals surface area (Å²) in [6, 6.07) is 0. The van der Waals surface area contributed by atoms with E-state index in [9.17, 15) is 10.2 Å². The van der Waals surface area contributed by atoms with Crippen LogP contribution in [0.2, 0.25) is 0 Å². The first kappa shape index (κ1) is 29.2. The van der Waals surface area contributed by atoms with Crippen LogP contribution in [0.5, 0.6) is 0 Å². The number of hydrogen-bond acceptors (Lipinski definition) is 2. The number of nitrogens with zero attached hydrogens (tertiary/aromatic N) is 1. The van der Waals surface area contributed by atoms with Crippen molar-refractivity contribution >= 4 is 5.71 Å². The molecule has 0 aromatic rings. The van der Waals surface area contributed by atoms with E-state index in [-0.39, 0.29) is 53.0 Å². The van der Waals surface area contributed by atoms with Crippen molar-refractivity contribution in [3.05, 3.63) is 23.1 Å². The maximum atomic E-state index is 9.34. The summed E-state index contributed by atoms with van der Waals surface area (Å²) in [7, 11) is 0. The third kappa shape index (κ3) is 74.9. The Labute approximate surface area is 101 Å². The molecule has 0 amide bonds. The standard InChI is InChI=1S/C3H6NO.C3H5NO.CH4.2Mn/c2*1-3(4)2-5;;;/h2,4-5H,1H3;2H2,1H3;1H4;;/q-1;-2;;2*+2/p-1. The van der Waals surface area contributed by atoms with Crippen molar-refractivity contribution < 1.29 is 44.4 Å². The molecule has 0 aromatic carbocycles. The minimum absolute atomic E-state index is 0. The van der Waals surface area contributed by atoms with Crippen LogP contribution in [0.15, 0.2) is 12.0 Å². The summed E-state index contributed by atoms with van der Waals surface area (Å²) >= 11 is 0. The molecule has 0 aromatic heterocycles. The monoisotopic (exact) mass is 268 g/mol. The van der Waals surface area contributed by atoms with Crippen molar-refractivity contribution in [3.8, 4) is 0 Å². The van der Waals surface area contributed by atoms with Crippen LogP contribution in [-0.4, -0.2) is 12.3 Å².